The fourth-order valence-electron chi connectivity index (χ4n) is 2.08. The van der Waals surface area contributed by atoms with Crippen LogP contribution >= 0.6 is 0 Å². The maximum Gasteiger partial charge on any atom is 0.332 e. The molecule has 0 bridgehead atoms. The lowest BCUT2D eigenvalue weighted by Crippen LogP contribution is -2.29. The second-order valence-electron chi connectivity index (χ2n) is 4.96. The van der Waals surface area contributed by atoms with E-state index in [4.69, 9.17) is 9.84 Å². The number of carbonyl (C=O) groups excluding carboxylic acids is 1. The minimum absolute atomic E-state index is 0.300. The molecule has 0 aliphatic carbocycles. The van der Waals surface area contributed by atoms with Gasteiger partial charge in [-0.25, -0.2) is 4.79 Å². The van der Waals surface area contributed by atoms with Gasteiger partial charge in [0.2, 0.25) is 0 Å². The molecule has 2 rings (SSSR count). The van der Waals surface area contributed by atoms with E-state index in [1.54, 1.807) is 12.1 Å². The number of carbonyl (C=O) groups is 2. The van der Waals surface area contributed by atoms with E-state index in [2.05, 4.69) is 5.32 Å². The van der Waals surface area contributed by atoms with E-state index >= 15 is 0 Å². The van der Waals surface area contributed by atoms with E-state index in [1.165, 1.54) is 0 Å². The molecule has 1 aliphatic rings. The molecule has 1 aromatic rings. The molecule has 1 aliphatic heterocycles. The summed E-state index contributed by atoms with van der Waals surface area (Å²) in [6.07, 6.45) is -0.766. The standard InChI is InChI=1S/C14H18N2O4/c1-16(2)10-5-3-9(4-6-10)15-13(17)11-7-8-12(20-11)14(18)19/h3-6,11-12H,7-8H2,1-2H3,(H,15,17)(H,18,19). The van der Waals surface area contributed by atoms with Crippen molar-refractivity contribution in [2.24, 2.45) is 0 Å². The topological polar surface area (TPSA) is 78.9 Å². The predicted molar refractivity (Wildman–Crippen MR) is 74.9 cm³/mol. The fourth-order valence-corrected chi connectivity index (χ4v) is 2.08. The zero-order valence-corrected chi connectivity index (χ0v) is 11.5. The Hall–Kier alpha value is -2.08. The van der Waals surface area contributed by atoms with Crippen molar-refractivity contribution in [2.45, 2.75) is 25.0 Å². The summed E-state index contributed by atoms with van der Waals surface area (Å²) in [5.41, 5.74) is 1.70. The first-order chi connectivity index (χ1) is 9.47. The van der Waals surface area contributed by atoms with E-state index in [0.717, 1.165) is 5.69 Å². The number of nitrogens with zero attached hydrogens (tertiary/aromatic N) is 1. The van der Waals surface area contributed by atoms with Gasteiger partial charge in [0.05, 0.1) is 0 Å². The number of nitrogens with one attached hydrogen (secondary N) is 1. The molecule has 2 atom stereocenters. The van der Waals surface area contributed by atoms with Crippen LogP contribution in [0.25, 0.3) is 0 Å². The highest BCUT2D eigenvalue weighted by Crippen LogP contribution is 2.22. The molecule has 0 radical (unpaired) electrons. The molecule has 0 saturated carbocycles. The van der Waals surface area contributed by atoms with Crippen LogP contribution in [0, 0.1) is 0 Å². The van der Waals surface area contributed by atoms with Crippen molar-refractivity contribution in [1.82, 2.24) is 0 Å². The zero-order chi connectivity index (χ0) is 14.7. The average Bonchev–Trinajstić information content (AvgIpc) is 2.89. The molecule has 0 spiro atoms. The summed E-state index contributed by atoms with van der Waals surface area (Å²) in [7, 11) is 3.87. The average molecular weight is 278 g/mol. The maximum atomic E-state index is 12.0. The summed E-state index contributed by atoms with van der Waals surface area (Å²) in [6.45, 7) is 0. The summed E-state index contributed by atoms with van der Waals surface area (Å²) in [5, 5.41) is 11.6. The second kappa shape index (κ2) is 5.92. The first kappa shape index (κ1) is 14.3. The molecule has 6 heteroatoms. The van der Waals surface area contributed by atoms with Crippen molar-refractivity contribution in [1.29, 1.82) is 0 Å². The van der Waals surface area contributed by atoms with Crippen LogP contribution in [0.1, 0.15) is 12.8 Å². The molecule has 1 heterocycles. The minimum Gasteiger partial charge on any atom is -0.479 e. The van der Waals surface area contributed by atoms with Gasteiger partial charge in [0.1, 0.15) is 6.10 Å². The Kier molecular flexibility index (Phi) is 4.24. The van der Waals surface area contributed by atoms with E-state index in [9.17, 15) is 9.59 Å². The smallest absolute Gasteiger partial charge is 0.332 e. The van der Waals surface area contributed by atoms with Gasteiger partial charge in [-0.05, 0) is 37.1 Å². The van der Waals surface area contributed by atoms with Gasteiger partial charge in [0, 0.05) is 25.5 Å². The van der Waals surface area contributed by atoms with E-state index in [-0.39, 0.29) is 5.91 Å². The highest BCUT2D eigenvalue weighted by Gasteiger charge is 2.34. The molecule has 0 aromatic heterocycles. The Morgan fingerprint density at radius 2 is 1.80 bits per heavy atom. The van der Waals surface area contributed by atoms with Crippen molar-refractivity contribution >= 4 is 23.3 Å². The number of benzene rings is 1. The molecule has 1 fully saturated rings. The van der Waals surface area contributed by atoms with Gasteiger partial charge in [-0.2, -0.15) is 0 Å². The number of carboxylic acid groups (broad SMARTS) is 1. The molecule has 1 amide bonds. The number of anilines is 2. The van der Waals surface area contributed by atoms with Crippen molar-refractivity contribution in [3.8, 4) is 0 Å². The zero-order valence-electron chi connectivity index (χ0n) is 11.5. The van der Waals surface area contributed by atoms with Gasteiger partial charge in [-0.15, -0.1) is 0 Å². The first-order valence-corrected chi connectivity index (χ1v) is 6.44. The predicted octanol–water partition coefficient (Wildman–Crippen LogP) is 1.32. The fraction of sp³-hybridized carbons (Fsp3) is 0.429. The van der Waals surface area contributed by atoms with Crippen LogP contribution in [0.5, 0.6) is 0 Å². The van der Waals surface area contributed by atoms with Crippen molar-refractivity contribution in [2.75, 3.05) is 24.3 Å². The van der Waals surface area contributed by atoms with Crippen LogP contribution in [0.4, 0.5) is 11.4 Å². The quantitative estimate of drug-likeness (QED) is 0.868. The molecular weight excluding hydrogens is 260 g/mol. The number of hydrogen-bond donors (Lipinski definition) is 2. The third kappa shape index (κ3) is 3.27. The number of amides is 1. The number of hydrogen-bond acceptors (Lipinski definition) is 4. The van der Waals surface area contributed by atoms with Gasteiger partial charge in [-0.3, -0.25) is 4.79 Å². The van der Waals surface area contributed by atoms with Gasteiger partial charge in [0.15, 0.2) is 6.10 Å². The van der Waals surface area contributed by atoms with Gasteiger partial charge in [0.25, 0.3) is 5.91 Å². The molecule has 1 saturated heterocycles. The molecule has 20 heavy (non-hydrogen) atoms. The van der Waals surface area contributed by atoms with Crippen LogP contribution in [0.15, 0.2) is 24.3 Å². The van der Waals surface area contributed by atoms with E-state index in [1.807, 2.05) is 31.1 Å². The van der Waals surface area contributed by atoms with Crippen LogP contribution in [0.2, 0.25) is 0 Å². The summed E-state index contributed by atoms with van der Waals surface area (Å²) >= 11 is 0. The number of ether oxygens (including phenoxy) is 1. The summed E-state index contributed by atoms with van der Waals surface area (Å²) in [4.78, 5) is 24.7. The lowest BCUT2D eigenvalue weighted by atomic mass is 10.2. The van der Waals surface area contributed by atoms with Gasteiger partial charge >= 0.3 is 5.97 Å². The maximum absolute atomic E-state index is 12.0. The highest BCUT2D eigenvalue weighted by molar-refractivity contribution is 5.94. The van der Waals surface area contributed by atoms with Crippen molar-refractivity contribution in [3.63, 3.8) is 0 Å². The van der Waals surface area contributed by atoms with E-state index < -0.39 is 18.2 Å². The first-order valence-electron chi connectivity index (χ1n) is 6.44. The van der Waals surface area contributed by atoms with Gasteiger partial charge in [-0.1, -0.05) is 0 Å². The lowest BCUT2D eigenvalue weighted by Gasteiger charge is -2.14. The molecule has 1 aromatic carbocycles. The Bertz CT molecular complexity index is 498. The third-order valence-corrected chi connectivity index (χ3v) is 3.24. The number of aliphatic carboxylic acids is 1. The van der Waals surface area contributed by atoms with Gasteiger partial charge < -0.3 is 20.1 Å². The van der Waals surface area contributed by atoms with Crippen LogP contribution < -0.4 is 10.2 Å². The third-order valence-electron chi connectivity index (χ3n) is 3.24. The lowest BCUT2D eigenvalue weighted by molar-refractivity contribution is -0.150. The van der Waals surface area contributed by atoms with Crippen molar-refractivity contribution < 1.29 is 19.4 Å². The van der Waals surface area contributed by atoms with E-state index in [0.29, 0.717) is 18.5 Å². The Morgan fingerprint density at radius 3 is 2.30 bits per heavy atom. The Morgan fingerprint density at radius 1 is 1.20 bits per heavy atom. The normalized spacial score (nSPS) is 21.5. The van der Waals surface area contributed by atoms with Crippen LogP contribution in [-0.4, -0.2) is 43.3 Å². The minimum atomic E-state index is -1.02. The van der Waals surface area contributed by atoms with Crippen LogP contribution in [-0.2, 0) is 14.3 Å². The SMILES string of the molecule is CN(C)c1ccc(NC(=O)C2CCC(C(=O)O)O2)cc1. The Labute approximate surface area is 117 Å². The summed E-state index contributed by atoms with van der Waals surface area (Å²) < 4.78 is 5.20. The summed E-state index contributed by atoms with van der Waals surface area (Å²) in [5.74, 6) is -1.32. The molecule has 6 nitrogen and oxygen atoms in total. The molecule has 108 valence electrons. The molecule has 2 N–H and O–H groups in total. The largest absolute Gasteiger partial charge is 0.479 e. The second-order valence-corrected chi connectivity index (χ2v) is 4.96. The highest BCUT2D eigenvalue weighted by atomic mass is 16.5. The number of rotatable bonds is 4. The summed E-state index contributed by atoms with van der Waals surface area (Å²) in [6, 6.07) is 7.39. The van der Waals surface area contributed by atoms with Crippen LogP contribution in [0.3, 0.4) is 0 Å². The molecule has 2 unspecified atom stereocenters. The molecular formula is C14H18N2O4. The monoisotopic (exact) mass is 278 g/mol. The number of carboxylic acids is 1. The Balaban J connectivity index is 1.93. The van der Waals surface area contributed by atoms with Crippen molar-refractivity contribution in [3.05, 3.63) is 24.3 Å².